The molecule has 0 aliphatic carbocycles. The Kier molecular flexibility index (Phi) is 4.35. The third-order valence-electron chi connectivity index (χ3n) is 2.98. The van der Waals surface area contributed by atoms with Crippen LogP contribution in [-0.4, -0.2) is 18.0 Å². The highest BCUT2D eigenvalue weighted by Crippen LogP contribution is 2.25. The van der Waals surface area contributed by atoms with Gasteiger partial charge in [0.15, 0.2) is 0 Å². The molecule has 0 aliphatic rings. The number of hydrogen-bond donors (Lipinski definition) is 1. The molecule has 1 amide bonds. The number of aromatic nitrogens is 1. The molecule has 1 N–H and O–H groups in total. The number of aryl methyl sites for hydroxylation is 2. The number of pyridine rings is 1. The number of amides is 1. The van der Waals surface area contributed by atoms with Crippen molar-refractivity contribution in [3.63, 3.8) is 0 Å². The van der Waals surface area contributed by atoms with E-state index in [4.69, 9.17) is 4.74 Å². The summed E-state index contributed by atoms with van der Waals surface area (Å²) in [5.74, 6) is 1.22. The third-order valence-corrected chi connectivity index (χ3v) is 2.98. The number of anilines is 1. The van der Waals surface area contributed by atoms with Crippen molar-refractivity contribution in [3.8, 4) is 5.75 Å². The molecule has 0 saturated carbocycles. The van der Waals surface area contributed by atoms with Crippen molar-refractivity contribution in [1.29, 1.82) is 0 Å². The van der Waals surface area contributed by atoms with E-state index in [-0.39, 0.29) is 12.3 Å². The van der Waals surface area contributed by atoms with Gasteiger partial charge >= 0.3 is 0 Å². The summed E-state index contributed by atoms with van der Waals surface area (Å²) in [6, 6.07) is 9.42. The van der Waals surface area contributed by atoms with Gasteiger partial charge in [0.05, 0.1) is 13.5 Å². The van der Waals surface area contributed by atoms with Crippen molar-refractivity contribution in [3.05, 3.63) is 53.2 Å². The summed E-state index contributed by atoms with van der Waals surface area (Å²) in [5.41, 5.74) is 3.04. The van der Waals surface area contributed by atoms with Crippen LogP contribution in [0.3, 0.4) is 0 Å². The number of nitrogens with zero attached hydrogens (tertiary/aromatic N) is 1. The third kappa shape index (κ3) is 3.35. The van der Waals surface area contributed by atoms with E-state index < -0.39 is 0 Å². The molecule has 20 heavy (non-hydrogen) atoms. The fourth-order valence-corrected chi connectivity index (χ4v) is 2.26. The van der Waals surface area contributed by atoms with E-state index in [2.05, 4.69) is 10.3 Å². The molecule has 4 heteroatoms. The Hall–Kier alpha value is -2.36. The zero-order valence-corrected chi connectivity index (χ0v) is 11.9. The Morgan fingerprint density at radius 2 is 2.10 bits per heavy atom. The topological polar surface area (TPSA) is 51.2 Å². The predicted molar refractivity (Wildman–Crippen MR) is 79.0 cm³/mol. The number of nitrogens with one attached hydrogen (secondary N) is 1. The second-order valence-electron chi connectivity index (χ2n) is 4.71. The molecule has 0 unspecified atom stereocenters. The van der Waals surface area contributed by atoms with Gasteiger partial charge in [-0.1, -0.05) is 23.8 Å². The van der Waals surface area contributed by atoms with Gasteiger partial charge in [0.2, 0.25) is 5.91 Å². The summed E-state index contributed by atoms with van der Waals surface area (Å²) in [7, 11) is 1.62. The van der Waals surface area contributed by atoms with Crippen LogP contribution in [-0.2, 0) is 11.2 Å². The van der Waals surface area contributed by atoms with Crippen molar-refractivity contribution in [2.45, 2.75) is 20.3 Å². The van der Waals surface area contributed by atoms with Gasteiger partial charge in [0, 0.05) is 11.8 Å². The fourth-order valence-electron chi connectivity index (χ4n) is 2.26. The smallest absolute Gasteiger partial charge is 0.230 e. The van der Waals surface area contributed by atoms with Crippen LogP contribution in [0.1, 0.15) is 16.7 Å². The monoisotopic (exact) mass is 270 g/mol. The van der Waals surface area contributed by atoms with Gasteiger partial charge in [0.1, 0.15) is 11.6 Å². The molecule has 0 bridgehead atoms. The molecule has 0 atom stereocenters. The van der Waals surface area contributed by atoms with E-state index >= 15 is 0 Å². The molecule has 0 fully saturated rings. The fraction of sp³-hybridized carbons (Fsp3) is 0.250. The standard InChI is InChI=1S/C16H18N2O2/c1-11-8-12(2)16(20-3)13(9-11)10-15(19)18-14-6-4-5-7-17-14/h4-9H,10H2,1-3H3,(H,17,18,19). The molecular weight excluding hydrogens is 252 g/mol. The molecule has 4 nitrogen and oxygen atoms in total. The SMILES string of the molecule is COc1c(C)cc(C)cc1CC(=O)Nc1ccccn1. The quantitative estimate of drug-likeness (QED) is 0.929. The normalized spacial score (nSPS) is 10.2. The Labute approximate surface area is 118 Å². The lowest BCUT2D eigenvalue weighted by atomic mass is 10.0. The first-order valence-electron chi connectivity index (χ1n) is 6.45. The molecule has 1 aromatic carbocycles. The van der Waals surface area contributed by atoms with Gasteiger partial charge in [0.25, 0.3) is 0 Å². The zero-order chi connectivity index (χ0) is 14.5. The first-order valence-corrected chi connectivity index (χ1v) is 6.45. The Morgan fingerprint density at radius 1 is 1.30 bits per heavy atom. The van der Waals surface area contributed by atoms with E-state index in [1.165, 1.54) is 0 Å². The van der Waals surface area contributed by atoms with Crippen molar-refractivity contribution in [2.75, 3.05) is 12.4 Å². The van der Waals surface area contributed by atoms with Crippen LogP contribution >= 0.6 is 0 Å². The van der Waals surface area contributed by atoms with Crippen molar-refractivity contribution >= 4 is 11.7 Å². The second-order valence-corrected chi connectivity index (χ2v) is 4.71. The summed E-state index contributed by atoms with van der Waals surface area (Å²) in [6.07, 6.45) is 1.91. The largest absolute Gasteiger partial charge is 0.496 e. The first kappa shape index (κ1) is 14.1. The zero-order valence-electron chi connectivity index (χ0n) is 11.9. The lowest BCUT2D eigenvalue weighted by Crippen LogP contribution is -2.16. The molecule has 0 radical (unpaired) electrons. The van der Waals surface area contributed by atoms with Gasteiger partial charge in [-0.3, -0.25) is 4.79 Å². The van der Waals surface area contributed by atoms with Gasteiger partial charge in [-0.15, -0.1) is 0 Å². The number of benzene rings is 1. The van der Waals surface area contributed by atoms with Crippen molar-refractivity contribution in [2.24, 2.45) is 0 Å². The van der Waals surface area contributed by atoms with Crippen molar-refractivity contribution < 1.29 is 9.53 Å². The number of carbonyl (C=O) groups is 1. The van der Waals surface area contributed by atoms with E-state index in [9.17, 15) is 4.79 Å². The van der Waals surface area contributed by atoms with Crippen LogP contribution in [0.25, 0.3) is 0 Å². The second kappa shape index (κ2) is 6.19. The molecule has 2 aromatic rings. The van der Waals surface area contributed by atoms with Crippen LogP contribution < -0.4 is 10.1 Å². The van der Waals surface area contributed by atoms with E-state index in [0.717, 1.165) is 22.4 Å². The summed E-state index contributed by atoms with van der Waals surface area (Å²) >= 11 is 0. The summed E-state index contributed by atoms with van der Waals surface area (Å²) in [5, 5.41) is 2.78. The van der Waals surface area contributed by atoms with Gasteiger partial charge in [-0.05, 0) is 31.5 Å². The molecular formula is C16H18N2O2. The maximum atomic E-state index is 12.1. The van der Waals surface area contributed by atoms with E-state index in [1.54, 1.807) is 19.4 Å². The highest BCUT2D eigenvalue weighted by molar-refractivity contribution is 5.91. The van der Waals surface area contributed by atoms with Crippen LogP contribution in [0.15, 0.2) is 36.5 Å². The van der Waals surface area contributed by atoms with E-state index in [0.29, 0.717) is 5.82 Å². The molecule has 104 valence electrons. The first-order chi connectivity index (χ1) is 9.60. The molecule has 0 saturated heterocycles. The molecule has 0 spiro atoms. The lowest BCUT2D eigenvalue weighted by molar-refractivity contribution is -0.115. The number of rotatable bonds is 4. The van der Waals surface area contributed by atoms with Gasteiger partial charge in [-0.2, -0.15) is 0 Å². The number of ether oxygens (including phenoxy) is 1. The van der Waals surface area contributed by atoms with Gasteiger partial charge < -0.3 is 10.1 Å². The summed E-state index contributed by atoms with van der Waals surface area (Å²) < 4.78 is 5.39. The molecule has 1 heterocycles. The summed E-state index contributed by atoms with van der Waals surface area (Å²) in [4.78, 5) is 16.1. The average molecular weight is 270 g/mol. The predicted octanol–water partition coefficient (Wildman–Crippen LogP) is 2.89. The van der Waals surface area contributed by atoms with Gasteiger partial charge in [-0.25, -0.2) is 4.98 Å². The highest BCUT2D eigenvalue weighted by atomic mass is 16.5. The number of hydrogen-bond acceptors (Lipinski definition) is 3. The lowest BCUT2D eigenvalue weighted by Gasteiger charge is -2.12. The molecule has 1 aromatic heterocycles. The Bertz CT molecular complexity index is 609. The minimum Gasteiger partial charge on any atom is -0.496 e. The minimum atomic E-state index is -0.105. The minimum absolute atomic E-state index is 0.105. The maximum absolute atomic E-state index is 12.1. The number of carbonyl (C=O) groups excluding carboxylic acids is 1. The average Bonchev–Trinajstić information content (AvgIpc) is 2.39. The van der Waals surface area contributed by atoms with Crippen LogP contribution in [0, 0.1) is 13.8 Å². The molecule has 0 aliphatic heterocycles. The van der Waals surface area contributed by atoms with Crippen LogP contribution in [0.4, 0.5) is 5.82 Å². The van der Waals surface area contributed by atoms with Crippen LogP contribution in [0.5, 0.6) is 5.75 Å². The van der Waals surface area contributed by atoms with E-state index in [1.807, 2.05) is 38.1 Å². The Balaban J connectivity index is 2.15. The highest BCUT2D eigenvalue weighted by Gasteiger charge is 2.12. The number of methoxy groups -OCH3 is 1. The summed E-state index contributed by atoms with van der Waals surface area (Å²) in [6.45, 7) is 3.98. The van der Waals surface area contributed by atoms with Crippen LogP contribution in [0.2, 0.25) is 0 Å². The van der Waals surface area contributed by atoms with Crippen molar-refractivity contribution in [1.82, 2.24) is 4.98 Å². The maximum Gasteiger partial charge on any atom is 0.230 e. The molecule has 2 rings (SSSR count). The Morgan fingerprint density at radius 3 is 2.75 bits per heavy atom.